The van der Waals surface area contributed by atoms with E-state index in [-0.39, 0.29) is 10.8 Å². The summed E-state index contributed by atoms with van der Waals surface area (Å²) in [7, 11) is 0. The Labute approximate surface area is 313 Å². The molecule has 0 amide bonds. The lowest BCUT2D eigenvalue weighted by atomic mass is 9.71. The lowest BCUT2D eigenvalue weighted by Crippen LogP contribution is -2.22. The van der Waals surface area contributed by atoms with E-state index in [9.17, 15) is 0 Å². The van der Waals surface area contributed by atoms with Crippen LogP contribution in [0.5, 0.6) is 0 Å². The maximum atomic E-state index is 2.59. The highest BCUT2D eigenvalue weighted by atomic mass is 15.1. The maximum Gasteiger partial charge on any atom is 0.0543 e. The van der Waals surface area contributed by atoms with Crippen LogP contribution in [-0.2, 0) is 10.8 Å². The zero-order valence-electron chi connectivity index (χ0n) is 30.9. The molecule has 0 saturated carbocycles. The maximum absolute atomic E-state index is 2.59. The average molecular weight is 682 g/mol. The van der Waals surface area contributed by atoms with Crippen molar-refractivity contribution in [2.45, 2.75) is 50.9 Å². The molecule has 0 bridgehead atoms. The highest BCUT2D eigenvalue weighted by Crippen LogP contribution is 2.62. The Morgan fingerprint density at radius 1 is 0.491 bits per heavy atom. The van der Waals surface area contributed by atoms with E-state index in [1.54, 1.807) is 11.1 Å². The zero-order chi connectivity index (χ0) is 35.9. The van der Waals surface area contributed by atoms with Gasteiger partial charge in [0.1, 0.15) is 0 Å². The van der Waals surface area contributed by atoms with Crippen molar-refractivity contribution >= 4 is 33.4 Å². The predicted octanol–water partition coefficient (Wildman–Crippen LogP) is 14.1. The van der Waals surface area contributed by atoms with Crippen molar-refractivity contribution in [2.75, 3.05) is 4.90 Å². The fourth-order valence-electron chi connectivity index (χ4n) is 9.80. The Hall–Kier alpha value is -5.92. The first-order chi connectivity index (χ1) is 25.8. The molecule has 1 unspecified atom stereocenters. The largest absolute Gasteiger partial charge is 0.310 e. The number of hydrogen-bond donors (Lipinski definition) is 0. The topological polar surface area (TPSA) is 3.24 Å². The molecule has 0 heterocycles. The van der Waals surface area contributed by atoms with Gasteiger partial charge in [-0.2, -0.15) is 0 Å². The fourth-order valence-corrected chi connectivity index (χ4v) is 9.80. The van der Waals surface area contributed by atoms with Crippen molar-refractivity contribution in [1.29, 1.82) is 0 Å². The van der Waals surface area contributed by atoms with E-state index in [2.05, 4.69) is 202 Å². The quantitative estimate of drug-likeness (QED) is 0.175. The molecule has 1 atom stereocenters. The minimum absolute atomic E-state index is 0.0191. The van der Waals surface area contributed by atoms with Crippen molar-refractivity contribution in [3.63, 3.8) is 0 Å². The van der Waals surface area contributed by atoms with Crippen LogP contribution >= 0.6 is 0 Å². The highest BCUT2D eigenvalue weighted by molar-refractivity contribution is 6.03. The first kappa shape index (κ1) is 31.8. The second-order valence-electron chi connectivity index (χ2n) is 16.1. The van der Waals surface area contributed by atoms with Crippen LogP contribution in [0.25, 0.3) is 38.6 Å². The molecule has 0 N–H and O–H groups in total. The van der Waals surface area contributed by atoms with Gasteiger partial charge < -0.3 is 4.90 Å². The molecule has 0 saturated heterocycles. The normalized spacial score (nSPS) is 17.5. The van der Waals surface area contributed by atoms with Crippen LogP contribution in [0.4, 0.5) is 17.1 Å². The molecule has 7 aromatic carbocycles. The van der Waals surface area contributed by atoms with E-state index in [0.29, 0.717) is 5.92 Å². The van der Waals surface area contributed by atoms with Gasteiger partial charge in [0.15, 0.2) is 0 Å². The molecule has 1 nitrogen and oxygen atoms in total. The summed E-state index contributed by atoms with van der Waals surface area (Å²) in [5.41, 5.74) is 18.7. The molecule has 0 fully saturated rings. The number of benzene rings is 7. The van der Waals surface area contributed by atoms with Gasteiger partial charge in [0.05, 0.1) is 5.69 Å². The summed E-state index contributed by atoms with van der Waals surface area (Å²) < 4.78 is 0. The second-order valence-corrected chi connectivity index (χ2v) is 16.1. The average Bonchev–Trinajstić information content (AvgIpc) is 3.57. The number of nitrogens with zero attached hydrogens (tertiary/aromatic N) is 1. The molecular weight excluding hydrogens is 639 g/mol. The van der Waals surface area contributed by atoms with Crippen LogP contribution in [-0.4, -0.2) is 0 Å². The Morgan fingerprint density at radius 2 is 1.00 bits per heavy atom. The second kappa shape index (κ2) is 11.8. The third kappa shape index (κ3) is 4.84. The number of anilines is 3. The van der Waals surface area contributed by atoms with Gasteiger partial charge in [-0.1, -0.05) is 178 Å². The fraction of sp³-hybridized carbons (Fsp3) is 0.154. The van der Waals surface area contributed by atoms with E-state index >= 15 is 0 Å². The summed E-state index contributed by atoms with van der Waals surface area (Å²) >= 11 is 0. The van der Waals surface area contributed by atoms with Crippen molar-refractivity contribution in [2.24, 2.45) is 0 Å². The van der Waals surface area contributed by atoms with Crippen LogP contribution < -0.4 is 4.90 Å². The minimum atomic E-state index is -0.126. The summed E-state index contributed by atoms with van der Waals surface area (Å²) in [6.45, 7) is 9.78. The van der Waals surface area contributed by atoms with E-state index in [1.807, 2.05) is 0 Å². The van der Waals surface area contributed by atoms with Crippen LogP contribution in [0.2, 0.25) is 0 Å². The van der Waals surface area contributed by atoms with Gasteiger partial charge in [-0.05, 0) is 92.2 Å². The lowest BCUT2D eigenvalue weighted by Gasteiger charge is -2.32. The summed E-state index contributed by atoms with van der Waals surface area (Å²) in [5.74, 6) is 0.357. The van der Waals surface area contributed by atoms with Crippen LogP contribution in [0.1, 0.15) is 62.3 Å². The van der Waals surface area contributed by atoms with Crippen molar-refractivity contribution in [3.05, 3.63) is 203 Å². The van der Waals surface area contributed by atoms with E-state index in [4.69, 9.17) is 0 Å². The van der Waals surface area contributed by atoms with Crippen LogP contribution in [0.15, 0.2) is 181 Å². The zero-order valence-corrected chi connectivity index (χ0v) is 30.9. The van der Waals surface area contributed by atoms with Crippen molar-refractivity contribution in [1.82, 2.24) is 0 Å². The molecule has 1 heteroatoms. The lowest BCUT2D eigenvalue weighted by molar-refractivity contribution is 0.561. The summed E-state index contributed by atoms with van der Waals surface area (Å²) in [6, 6.07) is 60.3. The molecule has 0 aliphatic heterocycles. The van der Waals surface area contributed by atoms with Gasteiger partial charge in [-0.15, -0.1) is 0 Å². The Bertz CT molecular complexity index is 2520. The Balaban J connectivity index is 1.16. The highest BCUT2D eigenvalue weighted by Gasteiger charge is 2.49. The van der Waals surface area contributed by atoms with Crippen LogP contribution in [0.3, 0.4) is 0 Å². The Kier molecular flexibility index (Phi) is 7.08. The molecule has 0 spiro atoms. The molecule has 3 aliphatic carbocycles. The number of hydrogen-bond acceptors (Lipinski definition) is 1. The smallest absolute Gasteiger partial charge is 0.0543 e. The SMILES string of the molecule is CC1(C)C2=C(C=C3C(C2)c2c(cc(N(c4ccc(-c5ccccc5)cc4)c4ccc(-c5ccccc5)cc4)c4ccccc24)C3(C)C)c2ccccc21. The summed E-state index contributed by atoms with van der Waals surface area (Å²) in [6.07, 6.45) is 3.65. The third-order valence-electron chi connectivity index (χ3n) is 12.6. The molecular formula is C52H43N. The van der Waals surface area contributed by atoms with Gasteiger partial charge in [-0.25, -0.2) is 0 Å². The van der Waals surface area contributed by atoms with Gasteiger partial charge in [0.2, 0.25) is 0 Å². The molecule has 53 heavy (non-hydrogen) atoms. The third-order valence-corrected chi connectivity index (χ3v) is 12.6. The molecule has 3 aliphatic rings. The number of allylic oxidation sites excluding steroid dienone is 4. The summed E-state index contributed by atoms with van der Waals surface area (Å²) in [5, 5.41) is 2.65. The molecule has 10 rings (SSSR count). The minimum Gasteiger partial charge on any atom is -0.310 e. The number of rotatable bonds is 5. The van der Waals surface area contributed by atoms with Gasteiger partial charge in [0.25, 0.3) is 0 Å². The van der Waals surface area contributed by atoms with Gasteiger partial charge in [0, 0.05) is 33.5 Å². The first-order valence-corrected chi connectivity index (χ1v) is 19.0. The first-order valence-electron chi connectivity index (χ1n) is 19.0. The van der Waals surface area contributed by atoms with Crippen molar-refractivity contribution < 1.29 is 0 Å². The van der Waals surface area contributed by atoms with Crippen molar-refractivity contribution in [3.8, 4) is 22.3 Å². The van der Waals surface area contributed by atoms with E-state index in [1.165, 1.54) is 66.5 Å². The van der Waals surface area contributed by atoms with E-state index in [0.717, 1.165) is 17.8 Å². The Morgan fingerprint density at radius 3 is 1.60 bits per heavy atom. The number of fused-ring (bicyclic) bond motifs is 7. The predicted molar refractivity (Wildman–Crippen MR) is 224 cm³/mol. The molecule has 0 aromatic heterocycles. The van der Waals surface area contributed by atoms with E-state index < -0.39 is 0 Å². The molecule has 256 valence electrons. The molecule has 0 radical (unpaired) electrons. The van der Waals surface area contributed by atoms with Gasteiger partial charge >= 0.3 is 0 Å². The summed E-state index contributed by atoms with van der Waals surface area (Å²) in [4.78, 5) is 2.48. The molecule has 7 aromatic rings. The van der Waals surface area contributed by atoms with Gasteiger partial charge in [-0.3, -0.25) is 0 Å². The monoisotopic (exact) mass is 681 g/mol. The standard InChI is InChI=1S/C52H43N/c1-51(2)45-22-14-13-19-40(45)43-31-47-44(32-46(43)51)50-42-21-12-11-20-41(42)49(33-48(50)52(47,3)4)53(38-27-23-36(24-28-38)34-15-7-5-8-16-34)39-29-25-37(26-30-39)35-17-9-6-10-18-35/h5-31,33,44H,32H2,1-4H3. The van der Waals surface area contributed by atoms with Crippen LogP contribution in [0, 0.1) is 0 Å².